The summed E-state index contributed by atoms with van der Waals surface area (Å²) in [6.45, 7) is 3.72. The standard InChI is InChI=1S/C19H17ClFN5OS/c1-10-3-8-14(9-15(10)20)22-18(27)17-16(12-4-6-13(21)7-5-12)25-26-11(2)23-24-19(26)28-17/h3-9,16-17,25H,1-2H3,(H,22,27)/t16-,17-/m1/s1. The number of nitrogens with one attached hydrogen (secondary N) is 2. The summed E-state index contributed by atoms with van der Waals surface area (Å²) in [6.07, 6.45) is 0. The van der Waals surface area contributed by atoms with Gasteiger partial charge in [-0.3, -0.25) is 4.79 Å². The molecule has 9 heteroatoms. The van der Waals surface area contributed by atoms with Gasteiger partial charge in [-0.15, -0.1) is 10.2 Å². The van der Waals surface area contributed by atoms with E-state index in [-0.39, 0.29) is 11.7 Å². The fourth-order valence-corrected chi connectivity index (χ4v) is 4.27. The molecule has 3 aromatic rings. The fraction of sp³-hybridized carbons (Fsp3) is 0.211. The van der Waals surface area contributed by atoms with Crippen LogP contribution in [-0.4, -0.2) is 26.0 Å². The number of nitrogens with zero attached hydrogens (tertiary/aromatic N) is 3. The van der Waals surface area contributed by atoms with Crippen LogP contribution in [0.5, 0.6) is 0 Å². The maximum Gasteiger partial charge on any atom is 0.240 e. The lowest BCUT2D eigenvalue weighted by Gasteiger charge is -2.32. The van der Waals surface area contributed by atoms with Crippen LogP contribution in [0.4, 0.5) is 10.1 Å². The topological polar surface area (TPSA) is 71.8 Å². The molecule has 2 atom stereocenters. The van der Waals surface area contributed by atoms with Crippen LogP contribution in [0.25, 0.3) is 0 Å². The summed E-state index contributed by atoms with van der Waals surface area (Å²) in [6, 6.07) is 11.1. The van der Waals surface area contributed by atoms with Crippen LogP contribution < -0.4 is 10.7 Å². The van der Waals surface area contributed by atoms with Crippen molar-refractivity contribution in [3.8, 4) is 0 Å². The molecular weight excluding hydrogens is 401 g/mol. The highest BCUT2D eigenvalue weighted by atomic mass is 35.5. The van der Waals surface area contributed by atoms with E-state index >= 15 is 0 Å². The summed E-state index contributed by atoms with van der Waals surface area (Å²) < 4.78 is 15.1. The zero-order valence-corrected chi connectivity index (χ0v) is 16.7. The lowest BCUT2D eigenvalue weighted by Crippen LogP contribution is -2.41. The molecule has 2 N–H and O–H groups in total. The molecule has 0 spiro atoms. The number of fused-ring (bicyclic) bond motifs is 1. The Balaban J connectivity index is 1.65. The minimum absolute atomic E-state index is 0.210. The van der Waals surface area contributed by atoms with Crippen LogP contribution in [0.3, 0.4) is 0 Å². The molecule has 0 saturated heterocycles. The third-order valence-corrected chi connectivity index (χ3v) is 6.15. The predicted octanol–water partition coefficient (Wildman–Crippen LogP) is 4.09. The first-order valence-corrected chi connectivity index (χ1v) is 9.86. The van der Waals surface area contributed by atoms with E-state index in [0.717, 1.165) is 11.1 Å². The number of rotatable bonds is 3. The maximum atomic E-state index is 13.4. The highest BCUT2D eigenvalue weighted by molar-refractivity contribution is 8.00. The van der Waals surface area contributed by atoms with Gasteiger partial charge in [-0.2, -0.15) is 0 Å². The summed E-state index contributed by atoms with van der Waals surface area (Å²) >= 11 is 7.47. The Morgan fingerprint density at radius 1 is 1.21 bits per heavy atom. The monoisotopic (exact) mass is 417 g/mol. The molecule has 144 valence electrons. The SMILES string of the molecule is Cc1ccc(NC(=O)[C@@H]2Sc3nnc(C)n3N[C@@H]2c2ccc(F)cc2)cc1Cl. The van der Waals surface area contributed by atoms with E-state index in [0.29, 0.717) is 21.7 Å². The predicted molar refractivity (Wildman–Crippen MR) is 108 cm³/mol. The molecule has 0 unspecified atom stereocenters. The van der Waals surface area contributed by atoms with E-state index in [1.807, 2.05) is 19.9 Å². The summed E-state index contributed by atoms with van der Waals surface area (Å²) in [4.78, 5) is 13.1. The second-order valence-electron chi connectivity index (χ2n) is 6.52. The molecule has 0 saturated carbocycles. The van der Waals surface area contributed by atoms with Gasteiger partial charge in [0.05, 0.1) is 6.04 Å². The van der Waals surface area contributed by atoms with Crippen LogP contribution in [-0.2, 0) is 4.79 Å². The molecule has 0 radical (unpaired) electrons. The number of thioether (sulfide) groups is 1. The Morgan fingerprint density at radius 3 is 2.68 bits per heavy atom. The Bertz CT molecular complexity index is 1040. The van der Waals surface area contributed by atoms with Gasteiger partial charge >= 0.3 is 0 Å². The van der Waals surface area contributed by atoms with Crippen molar-refractivity contribution in [2.45, 2.75) is 30.3 Å². The average molecular weight is 418 g/mol. The van der Waals surface area contributed by atoms with Gasteiger partial charge in [0.15, 0.2) is 0 Å². The maximum absolute atomic E-state index is 13.4. The van der Waals surface area contributed by atoms with Gasteiger partial charge in [0, 0.05) is 10.7 Å². The van der Waals surface area contributed by atoms with Gasteiger partial charge in [0.25, 0.3) is 0 Å². The van der Waals surface area contributed by atoms with Gasteiger partial charge in [0.2, 0.25) is 11.1 Å². The van der Waals surface area contributed by atoms with E-state index in [9.17, 15) is 9.18 Å². The summed E-state index contributed by atoms with van der Waals surface area (Å²) in [5.41, 5.74) is 5.61. The highest BCUT2D eigenvalue weighted by Gasteiger charge is 2.37. The first-order valence-electron chi connectivity index (χ1n) is 8.60. The molecule has 0 aliphatic carbocycles. The number of hydrogen-bond acceptors (Lipinski definition) is 5. The smallest absolute Gasteiger partial charge is 0.240 e. The zero-order valence-electron chi connectivity index (χ0n) is 15.1. The lowest BCUT2D eigenvalue weighted by atomic mass is 10.0. The van der Waals surface area contributed by atoms with E-state index < -0.39 is 11.3 Å². The molecule has 28 heavy (non-hydrogen) atoms. The largest absolute Gasteiger partial charge is 0.325 e. The number of aryl methyl sites for hydroxylation is 2. The third-order valence-electron chi connectivity index (χ3n) is 4.53. The number of hydrogen-bond donors (Lipinski definition) is 2. The molecule has 4 rings (SSSR count). The molecular formula is C19H17ClFN5OS. The van der Waals surface area contributed by atoms with Crippen molar-refractivity contribution >= 4 is 35.0 Å². The first-order chi connectivity index (χ1) is 13.4. The van der Waals surface area contributed by atoms with Crippen molar-refractivity contribution in [3.05, 3.63) is 70.3 Å². The molecule has 2 heterocycles. The molecule has 0 bridgehead atoms. The van der Waals surface area contributed by atoms with Gasteiger partial charge in [-0.25, -0.2) is 9.07 Å². The molecule has 0 fully saturated rings. The number of halogens is 2. The minimum Gasteiger partial charge on any atom is -0.325 e. The second kappa shape index (κ2) is 7.44. The van der Waals surface area contributed by atoms with Crippen LogP contribution in [0.2, 0.25) is 5.02 Å². The molecule has 1 amide bonds. The van der Waals surface area contributed by atoms with Crippen molar-refractivity contribution in [1.29, 1.82) is 0 Å². The summed E-state index contributed by atoms with van der Waals surface area (Å²) in [5.74, 6) is 0.140. The minimum atomic E-state index is -0.540. The van der Waals surface area contributed by atoms with Crippen molar-refractivity contribution in [3.63, 3.8) is 0 Å². The molecule has 2 aromatic carbocycles. The Morgan fingerprint density at radius 2 is 1.96 bits per heavy atom. The number of carbonyl (C=O) groups excluding carboxylic acids is 1. The van der Waals surface area contributed by atoms with Gasteiger partial charge in [0.1, 0.15) is 16.9 Å². The zero-order chi connectivity index (χ0) is 19.8. The molecule has 1 aromatic heterocycles. The van der Waals surface area contributed by atoms with E-state index in [1.54, 1.807) is 28.9 Å². The second-order valence-corrected chi connectivity index (χ2v) is 8.03. The summed E-state index contributed by atoms with van der Waals surface area (Å²) in [7, 11) is 0. The van der Waals surface area contributed by atoms with Crippen molar-refractivity contribution in [1.82, 2.24) is 14.9 Å². The number of aromatic nitrogens is 3. The Hall–Kier alpha value is -2.58. The number of carbonyl (C=O) groups is 1. The van der Waals surface area contributed by atoms with Crippen LogP contribution in [0.1, 0.15) is 23.0 Å². The number of benzene rings is 2. The number of anilines is 1. The van der Waals surface area contributed by atoms with E-state index in [2.05, 4.69) is 20.9 Å². The summed E-state index contributed by atoms with van der Waals surface area (Å²) in [5, 5.41) is 11.7. The fourth-order valence-electron chi connectivity index (χ4n) is 2.96. The Kier molecular flexibility index (Phi) is 4.99. The van der Waals surface area contributed by atoms with E-state index in [4.69, 9.17) is 11.6 Å². The highest BCUT2D eigenvalue weighted by Crippen LogP contribution is 2.37. The van der Waals surface area contributed by atoms with Crippen molar-refractivity contribution in [2.75, 3.05) is 10.7 Å². The molecule has 1 aliphatic rings. The lowest BCUT2D eigenvalue weighted by molar-refractivity contribution is -0.116. The van der Waals surface area contributed by atoms with Crippen LogP contribution in [0.15, 0.2) is 47.6 Å². The van der Waals surface area contributed by atoms with Crippen molar-refractivity contribution < 1.29 is 9.18 Å². The molecule has 6 nitrogen and oxygen atoms in total. The van der Waals surface area contributed by atoms with Crippen LogP contribution in [0, 0.1) is 19.7 Å². The van der Waals surface area contributed by atoms with Gasteiger partial charge in [-0.1, -0.05) is 41.6 Å². The number of amides is 1. The van der Waals surface area contributed by atoms with Crippen LogP contribution >= 0.6 is 23.4 Å². The normalized spacial score (nSPS) is 18.3. The van der Waals surface area contributed by atoms with Gasteiger partial charge in [-0.05, 0) is 49.2 Å². The average Bonchev–Trinajstić information content (AvgIpc) is 3.04. The third kappa shape index (κ3) is 3.57. The first kappa shape index (κ1) is 18.8. The Labute approximate surface area is 170 Å². The van der Waals surface area contributed by atoms with E-state index in [1.165, 1.54) is 23.9 Å². The quantitative estimate of drug-likeness (QED) is 0.671. The van der Waals surface area contributed by atoms with Crippen molar-refractivity contribution in [2.24, 2.45) is 0 Å². The molecule has 1 aliphatic heterocycles. The van der Waals surface area contributed by atoms with Gasteiger partial charge < -0.3 is 10.7 Å².